The van der Waals surface area contributed by atoms with Crippen molar-refractivity contribution >= 4 is 5.69 Å². The lowest BCUT2D eigenvalue weighted by Gasteiger charge is -2.25. The van der Waals surface area contributed by atoms with Gasteiger partial charge in [-0.05, 0) is 42.9 Å². The number of hydrogen-bond donors (Lipinski definition) is 3. The van der Waals surface area contributed by atoms with Crippen molar-refractivity contribution < 1.29 is 29.0 Å². The molecule has 1 unspecified atom stereocenters. The van der Waals surface area contributed by atoms with Gasteiger partial charge in [0.05, 0.1) is 11.5 Å². The van der Waals surface area contributed by atoms with Gasteiger partial charge in [-0.15, -0.1) is 0 Å². The molecule has 4 aromatic rings. The molecule has 0 saturated heterocycles. The largest absolute Gasteiger partial charge is 0.508 e. The summed E-state index contributed by atoms with van der Waals surface area (Å²) in [6.07, 6.45) is 1.81. The summed E-state index contributed by atoms with van der Waals surface area (Å²) in [5.74, 6) is -4.60. The lowest BCUT2D eigenvalue weighted by molar-refractivity contribution is -0.384. The highest BCUT2D eigenvalue weighted by Crippen LogP contribution is 2.43. The van der Waals surface area contributed by atoms with E-state index >= 15 is 0 Å². The molecule has 36 heavy (non-hydrogen) atoms. The van der Waals surface area contributed by atoms with E-state index in [-0.39, 0.29) is 36.5 Å². The van der Waals surface area contributed by atoms with E-state index in [1.54, 1.807) is 23.9 Å². The van der Waals surface area contributed by atoms with Gasteiger partial charge >= 0.3 is 5.69 Å². The molecule has 10 nitrogen and oxygen atoms in total. The summed E-state index contributed by atoms with van der Waals surface area (Å²) in [7, 11) is 1.57. The highest BCUT2D eigenvalue weighted by atomic mass is 19.1. The molecule has 0 saturated carbocycles. The lowest BCUT2D eigenvalue weighted by Crippen LogP contribution is -2.18. The minimum atomic E-state index is -1.13. The fourth-order valence-corrected chi connectivity index (χ4v) is 4.84. The number of phenols is 3. The maximum Gasteiger partial charge on any atom is 0.316 e. The van der Waals surface area contributed by atoms with Gasteiger partial charge < -0.3 is 15.3 Å². The summed E-state index contributed by atoms with van der Waals surface area (Å²) >= 11 is 0. The molecule has 0 fully saturated rings. The highest BCUT2D eigenvalue weighted by molar-refractivity contribution is 5.70. The van der Waals surface area contributed by atoms with Crippen LogP contribution in [0.4, 0.5) is 14.5 Å². The molecule has 5 rings (SSSR count). The molecule has 3 N–H and O–H groups in total. The van der Waals surface area contributed by atoms with Crippen molar-refractivity contribution in [1.82, 2.24) is 19.6 Å². The molecular weight excluding hydrogens is 476 g/mol. The number of phenolic OH excluding ortho intramolecular Hbond substituents is 3. The van der Waals surface area contributed by atoms with Gasteiger partial charge in [-0.2, -0.15) is 10.2 Å². The van der Waals surface area contributed by atoms with Crippen LogP contribution in [0, 0.1) is 21.7 Å². The second kappa shape index (κ2) is 8.63. The number of aryl methyl sites for hydroxylation is 1. The van der Waals surface area contributed by atoms with Crippen LogP contribution in [0.3, 0.4) is 0 Å². The number of rotatable bonds is 5. The molecule has 0 radical (unpaired) electrons. The fraction of sp³-hybridized carbons (Fsp3) is 0.250. The summed E-state index contributed by atoms with van der Waals surface area (Å²) in [6.45, 7) is 0.233. The summed E-state index contributed by atoms with van der Waals surface area (Å²) < 4.78 is 32.5. The van der Waals surface area contributed by atoms with Crippen LogP contribution < -0.4 is 0 Å². The Morgan fingerprint density at radius 2 is 1.81 bits per heavy atom. The number of benzene rings is 2. The first-order chi connectivity index (χ1) is 17.2. The molecule has 1 atom stereocenters. The standard InChI is InChI=1S/C24H21F2N5O5/c1-29-24(17(10-27-29)31(35)36)23-15-7-4-13(20-21(25)18(33)9-19(34)22(20)26)8-16(15)30(28-23)11-12-2-5-14(32)6-3-12/h2-3,5-6,9-10,13,32-34H,4,7-8,11H2,1H3. The summed E-state index contributed by atoms with van der Waals surface area (Å²) in [5.41, 5.74) is 2.03. The first-order valence-corrected chi connectivity index (χ1v) is 11.1. The van der Waals surface area contributed by atoms with Gasteiger partial charge in [-0.25, -0.2) is 8.78 Å². The molecule has 12 heteroatoms. The summed E-state index contributed by atoms with van der Waals surface area (Å²) in [5, 5.41) is 49.6. The Balaban J connectivity index is 1.64. The molecule has 0 spiro atoms. The normalized spacial score (nSPS) is 15.1. The van der Waals surface area contributed by atoms with Crippen LogP contribution in [0.1, 0.15) is 34.7 Å². The average Bonchev–Trinajstić information content (AvgIpc) is 3.39. The Morgan fingerprint density at radius 3 is 2.44 bits per heavy atom. The van der Waals surface area contributed by atoms with Gasteiger partial charge in [0.1, 0.15) is 17.6 Å². The number of fused-ring (bicyclic) bond motifs is 1. The third-order valence-electron chi connectivity index (χ3n) is 6.56. The number of nitro groups is 1. The fourth-order valence-electron chi connectivity index (χ4n) is 4.84. The molecule has 1 aliphatic rings. The van der Waals surface area contributed by atoms with E-state index in [4.69, 9.17) is 0 Å². The Morgan fingerprint density at radius 1 is 1.14 bits per heavy atom. The van der Waals surface area contributed by atoms with Gasteiger partial charge in [0.2, 0.25) is 0 Å². The van der Waals surface area contributed by atoms with Gasteiger partial charge in [0.25, 0.3) is 0 Å². The number of aromatic hydroxyl groups is 3. The smallest absolute Gasteiger partial charge is 0.316 e. The van der Waals surface area contributed by atoms with Crippen molar-refractivity contribution in [2.45, 2.75) is 31.7 Å². The number of nitrogens with zero attached hydrogens (tertiary/aromatic N) is 5. The second-order valence-corrected chi connectivity index (χ2v) is 8.75. The third-order valence-corrected chi connectivity index (χ3v) is 6.56. The third kappa shape index (κ3) is 3.80. The quantitative estimate of drug-likeness (QED) is 0.281. The monoisotopic (exact) mass is 497 g/mol. The highest BCUT2D eigenvalue weighted by Gasteiger charge is 2.35. The molecular formula is C24H21F2N5O5. The molecule has 0 aliphatic heterocycles. The van der Waals surface area contributed by atoms with E-state index in [0.29, 0.717) is 29.4 Å². The van der Waals surface area contributed by atoms with Gasteiger partial charge in [-0.3, -0.25) is 19.5 Å². The lowest BCUT2D eigenvalue weighted by atomic mass is 9.81. The molecule has 2 aromatic carbocycles. The van der Waals surface area contributed by atoms with Gasteiger partial charge in [-0.1, -0.05) is 12.1 Å². The van der Waals surface area contributed by atoms with Crippen molar-refractivity contribution in [3.63, 3.8) is 0 Å². The maximum atomic E-state index is 14.8. The summed E-state index contributed by atoms with van der Waals surface area (Å²) in [6, 6.07) is 7.05. The minimum absolute atomic E-state index is 0.0853. The van der Waals surface area contributed by atoms with Crippen LogP contribution in [-0.4, -0.2) is 39.8 Å². The van der Waals surface area contributed by atoms with Crippen LogP contribution in [0.15, 0.2) is 36.5 Å². The first kappa shape index (κ1) is 23.3. The van der Waals surface area contributed by atoms with Gasteiger partial charge in [0, 0.05) is 29.9 Å². The van der Waals surface area contributed by atoms with E-state index in [1.807, 2.05) is 0 Å². The SMILES string of the molecule is Cn1ncc([N+](=O)[O-])c1-c1nn(Cc2ccc(O)cc2)c2c1CCC(c1c(F)c(O)cc(O)c1F)C2. The van der Waals surface area contributed by atoms with Gasteiger partial charge in [0.15, 0.2) is 28.8 Å². The number of hydrogen-bond acceptors (Lipinski definition) is 7. The average molecular weight is 497 g/mol. The molecule has 0 bridgehead atoms. The predicted molar refractivity (Wildman–Crippen MR) is 123 cm³/mol. The van der Waals surface area contributed by atoms with Crippen molar-refractivity contribution in [2.24, 2.45) is 7.05 Å². The van der Waals surface area contributed by atoms with Crippen molar-refractivity contribution in [2.75, 3.05) is 0 Å². The van der Waals surface area contributed by atoms with Crippen molar-refractivity contribution in [3.8, 4) is 28.6 Å². The van der Waals surface area contributed by atoms with Crippen molar-refractivity contribution in [3.05, 3.63) is 80.7 Å². The van der Waals surface area contributed by atoms with Crippen LogP contribution in [0.2, 0.25) is 0 Å². The molecule has 186 valence electrons. The predicted octanol–water partition coefficient (Wildman–Crippen LogP) is 3.91. The number of halogens is 2. The number of aromatic nitrogens is 4. The van der Waals surface area contributed by atoms with Crippen LogP contribution in [0.5, 0.6) is 17.2 Å². The Labute approximate surface area is 202 Å². The van der Waals surface area contributed by atoms with E-state index in [0.717, 1.165) is 11.8 Å². The Kier molecular flexibility index (Phi) is 5.58. The topological polar surface area (TPSA) is 139 Å². The van der Waals surface area contributed by atoms with Crippen molar-refractivity contribution in [1.29, 1.82) is 0 Å². The molecule has 2 aromatic heterocycles. The molecule has 2 heterocycles. The van der Waals surface area contributed by atoms with Crippen LogP contribution in [0.25, 0.3) is 11.4 Å². The first-order valence-electron chi connectivity index (χ1n) is 11.1. The summed E-state index contributed by atoms with van der Waals surface area (Å²) in [4.78, 5) is 11.1. The Hall–Kier alpha value is -4.48. The molecule has 1 aliphatic carbocycles. The zero-order valence-electron chi connectivity index (χ0n) is 19.0. The zero-order valence-corrected chi connectivity index (χ0v) is 19.0. The Bertz CT molecular complexity index is 1470. The van der Waals surface area contributed by atoms with Crippen LogP contribution in [-0.2, 0) is 26.4 Å². The van der Waals surface area contributed by atoms with E-state index < -0.39 is 39.5 Å². The van der Waals surface area contributed by atoms with E-state index in [9.17, 15) is 34.2 Å². The minimum Gasteiger partial charge on any atom is -0.508 e. The zero-order chi connectivity index (χ0) is 25.7. The van der Waals surface area contributed by atoms with E-state index in [2.05, 4.69) is 10.2 Å². The second-order valence-electron chi connectivity index (χ2n) is 8.75. The maximum absolute atomic E-state index is 14.8. The van der Waals surface area contributed by atoms with E-state index in [1.165, 1.54) is 16.8 Å². The molecule has 0 amide bonds. The van der Waals surface area contributed by atoms with Crippen LogP contribution >= 0.6 is 0 Å².